The fourth-order valence-electron chi connectivity index (χ4n) is 2.37. The van der Waals surface area contributed by atoms with Gasteiger partial charge in [0.25, 0.3) is 0 Å². The molecule has 0 spiro atoms. The van der Waals surface area contributed by atoms with Crippen LogP contribution < -0.4 is 5.73 Å². The molecule has 1 aliphatic heterocycles. The lowest BCUT2D eigenvalue weighted by Crippen LogP contribution is -2.09. The summed E-state index contributed by atoms with van der Waals surface area (Å²) in [6.45, 7) is 2.04. The number of aryl methyl sites for hydroxylation is 1. The minimum atomic E-state index is 0. The molecule has 0 aromatic heterocycles. The highest BCUT2D eigenvalue weighted by atomic mass is 16.1. The van der Waals surface area contributed by atoms with Crippen LogP contribution in [0.25, 0.3) is 11.1 Å². The lowest BCUT2D eigenvalue weighted by molar-refractivity contribution is 0.112. The highest BCUT2D eigenvalue weighted by molar-refractivity contribution is 5.96. The monoisotopic (exact) mass is 266 g/mol. The minimum absolute atomic E-state index is 0. The third kappa shape index (κ3) is 2.35. The Morgan fingerprint density at radius 3 is 2.55 bits per heavy atom. The first kappa shape index (κ1) is 14.0. The van der Waals surface area contributed by atoms with Crippen molar-refractivity contribution in [3.63, 3.8) is 0 Å². The number of aldehydes is 1. The van der Waals surface area contributed by atoms with E-state index in [0.717, 1.165) is 28.7 Å². The van der Waals surface area contributed by atoms with E-state index in [-0.39, 0.29) is 7.43 Å². The molecule has 3 heteroatoms. The van der Waals surface area contributed by atoms with Crippen LogP contribution in [0.5, 0.6) is 0 Å². The molecule has 2 aromatic carbocycles. The number of benzene rings is 2. The van der Waals surface area contributed by atoms with Crippen LogP contribution in [-0.2, 0) is 6.42 Å². The predicted molar refractivity (Wildman–Crippen MR) is 83.7 cm³/mol. The quantitative estimate of drug-likeness (QED) is 0.843. The predicted octanol–water partition coefficient (Wildman–Crippen LogP) is 3.66. The van der Waals surface area contributed by atoms with Crippen molar-refractivity contribution in [3.8, 4) is 11.1 Å². The van der Waals surface area contributed by atoms with Gasteiger partial charge in [0.05, 0.1) is 5.69 Å². The van der Waals surface area contributed by atoms with Crippen LogP contribution in [0.15, 0.2) is 41.4 Å². The maximum absolute atomic E-state index is 11.3. The summed E-state index contributed by atoms with van der Waals surface area (Å²) in [7, 11) is 0. The second kappa shape index (κ2) is 5.29. The summed E-state index contributed by atoms with van der Waals surface area (Å²) in [5.41, 5.74) is 11.5. The molecule has 1 aliphatic rings. The lowest BCUT2D eigenvalue weighted by atomic mass is 9.96. The number of nitrogens with zero attached hydrogens (tertiary/aromatic N) is 1. The molecule has 0 unspecified atom stereocenters. The maximum atomic E-state index is 11.3. The topological polar surface area (TPSA) is 55.5 Å². The average molecular weight is 266 g/mol. The lowest BCUT2D eigenvalue weighted by Gasteiger charge is -2.08. The number of carbonyl (C=O) groups is 1. The highest BCUT2D eigenvalue weighted by Crippen LogP contribution is 2.33. The second-order valence-corrected chi connectivity index (χ2v) is 4.83. The Morgan fingerprint density at radius 1 is 1.20 bits per heavy atom. The Labute approximate surface area is 119 Å². The summed E-state index contributed by atoms with van der Waals surface area (Å²) in [6.07, 6.45) is 1.52. The summed E-state index contributed by atoms with van der Waals surface area (Å²) in [5.74, 6) is 0.605. The third-order valence-corrected chi connectivity index (χ3v) is 3.38. The zero-order valence-corrected chi connectivity index (χ0v) is 10.7. The number of aliphatic imine (C=N–C) groups is 1. The summed E-state index contributed by atoms with van der Waals surface area (Å²) < 4.78 is 0. The standard InChI is InChI=1S/C16H14N2O.CH4/c1-10-2-4-11(5-3-10)14-8-15-12(6-13(14)9-19)7-16(17)18-15;/h2-6,8-9H,7H2,1H3,(H2,17,18);1H4. The van der Waals surface area contributed by atoms with E-state index >= 15 is 0 Å². The van der Waals surface area contributed by atoms with Crippen LogP contribution in [0, 0.1) is 6.92 Å². The molecule has 2 aromatic rings. The Bertz CT molecular complexity index is 685. The summed E-state index contributed by atoms with van der Waals surface area (Å²) in [4.78, 5) is 15.6. The first-order chi connectivity index (χ1) is 9.17. The number of hydrogen-bond acceptors (Lipinski definition) is 3. The van der Waals surface area contributed by atoms with Gasteiger partial charge in [-0.1, -0.05) is 37.3 Å². The van der Waals surface area contributed by atoms with Crippen molar-refractivity contribution in [2.75, 3.05) is 0 Å². The zero-order chi connectivity index (χ0) is 13.4. The van der Waals surface area contributed by atoms with Gasteiger partial charge in [-0.15, -0.1) is 0 Å². The van der Waals surface area contributed by atoms with Gasteiger partial charge >= 0.3 is 0 Å². The van der Waals surface area contributed by atoms with Crippen LogP contribution >= 0.6 is 0 Å². The van der Waals surface area contributed by atoms with E-state index in [0.29, 0.717) is 17.8 Å². The van der Waals surface area contributed by atoms with Gasteiger partial charge in [-0.2, -0.15) is 0 Å². The Hall–Kier alpha value is -2.42. The van der Waals surface area contributed by atoms with Gasteiger partial charge < -0.3 is 5.73 Å². The third-order valence-electron chi connectivity index (χ3n) is 3.38. The number of nitrogens with two attached hydrogens (primary N) is 1. The largest absolute Gasteiger partial charge is 0.387 e. The van der Waals surface area contributed by atoms with Gasteiger partial charge in [-0.25, -0.2) is 4.99 Å². The minimum Gasteiger partial charge on any atom is -0.387 e. The van der Waals surface area contributed by atoms with E-state index < -0.39 is 0 Å². The van der Waals surface area contributed by atoms with Gasteiger partial charge in [0, 0.05) is 12.0 Å². The number of amidine groups is 1. The molecule has 2 N–H and O–H groups in total. The van der Waals surface area contributed by atoms with Gasteiger partial charge in [0.2, 0.25) is 0 Å². The van der Waals surface area contributed by atoms with Gasteiger partial charge in [0.1, 0.15) is 5.84 Å². The van der Waals surface area contributed by atoms with Crippen molar-refractivity contribution in [3.05, 3.63) is 53.1 Å². The Kier molecular flexibility index (Phi) is 3.70. The van der Waals surface area contributed by atoms with Gasteiger partial charge in [-0.05, 0) is 35.7 Å². The molecule has 1 heterocycles. The SMILES string of the molecule is C.Cc1ccc(-c2cc3c(cc2C=O)CC(N)=N3)cc1. The first-order valence-electron chi connectivity index (χ1n) is 6.19. The Morgan fingerprint density at radius 2 is 1.90 bits per heavy atom. The number of rotatable bonds is 2. The highest BCUT2D eigenvalue weighted by Gasteiger charge is 2.16. The molecule has 0 amide bonds. The van der Waals surface area contributed by atoms with Crippen LogP contribution in [-0.4, -0.2) is 12.1 Å². The maximum Gasteiger partial charge on any atom is 0.150 e. The van der Waals surface area contributed by atoms with Crippen molar-refractivity contribution < 1.29 is 4.79 Å². The van der Waals surface area contributed by atoms with Crippen molar-refractivity contribution >= 4 is 17.8 Å². The molecule has 0 aliphatic carbocycles. The van der Waals surface area contributed by atoms with Crippen LogP contribution in [0.1, 0.15) is 28.9 Å². The van der Waals surface area contributed by atoms with Gasteiger partial charge in [-0.3, -0.25) is 4.79 Å². The number of carbonyl (C=O) groups excluding carboxylic acids is 1. The molecular formula is C17H18N2O. The second-order valence-electron chi connectivity index (χ2n) is 4.83. The van der Waals surface area contributed by atoms with E-state index in [9.17, 15) is 4.79 Å². The van der Waals surface area contributed by atoms with Crippen LogP contribution in [0.3, 0.4) is 0 Å². The van der Waals surface area contributed by atoms with Gasteiger partial charge in [0.15, 0.2) is 6.29 Å². The van der Waals surface area contributed by atoms with E-state index in [1.54, 1.807) is 0 Å². The number of hydrogen-bond donors (Lipinski definition) is 1. The van der Waals surface area contributed by atoms with E-state index in [4.69, 9.17) is 5.73 Å². The molecule has 0 bridgehead atoms. The van der Waals surface area contributed by atoms with E-state index in [2.05, 4.69) is 4.99 Å². The van der Waals surface area contributed by atoms with E-state index in [1.807, 2.05) is 43.3 Å². The molecule has 0 radical (unpaired) electrons. The molecular weight excluding hydrogens is 248 g/mol. The summed E-state index contributed by atoms with van der Waals surface area (Å²) in [5, 5.41) is 0. The van der Waals surface area contributed by atoms with Crippen molar-refractivity contribution in [2.24, 2.45) is 10.7 Å². The normalized spacial score (nSPS) is 12.3. The fourth-order valence-corrected chi connectivity index (χ4v) is 2.37. The van der Waals surface area contributed by atoms with Crippen LogP contribution in [0.2, 0.25) is 0 Å². The number of fused-ring (bicyclic) bond motifs is 1. The summed E-state index contributed by atoms with van der Waals surface area (Å²) in [6, 6.07) is 12.0. The van der Waals surface area contributed by atoms with Crippen molar-refractivity contribution in [1.82, 2.24) is 0 Å². The molecule has 0 fully saturated rings. The molecule has 3 nitrogen and oxygen atoms in total. The molecule has 3 rings (SSSR count). The average Bonchev–Trinajstić information content (AvgIpc) is 2.77. The molecule has 102 valence electrons. The summed E-state index contributed by atoms with van der Waals surface area (Å²) >= 11 is 0. The molecule has 0 saturated heterocycles. The zero-order valence-electron chi connectivity index (χ0n) is 10.7. The first-order valence-corrected chi connectivity index (χ1v) is 6.19. The van der Waals surface area contributed by atoms with Crippen LogP contribution in [0.4, 0.5) is 5.69 Å². The van der Waals surface area contributed by atoms with Crippen molar-refractivity contribution in [1.29, 1.82) is 0 Å². The van der Waals surface area contributed by atoms with E-state index in [1.165, 1.54) is 5.56 Å². The molecule has 0 atom stereocenters. The molecule has 20 heavy (non-hydrogen) atoms. The molecule has 0 saturated carbocycles. The smallest absolute Gasteiger partial charge is 0.150 e. The Balaban J connectivity index is 0.00000147. The fraction of sp³-hybridized carbons (Fsp3) is 0.176. The van der Waals surface area contributed by atoms with Crippen molar-refractivity contribution in [2.45, 2.75) is 20.8 Å².